The molecule has 2 heterocycles. The number of benzene rings is 2. The lowest BCUT2D eigenvalue weighted by Gasteiger charge is -2.31. The van der Waals surface area contributed by atoms with Crippen LogP contribution in [-0.4, -0.2) is 67.4 Å². The maximum atomic E-state index is 12.8. The number of rotatable bonds is 7. The second-order valence-electron chi connectivity index (χ2n) is 9.44. The van der Waals surface area contributed by atoms with E-state index in [4.69, 9.17) is 4.74 Å². The number of phenols is 2. The molecule has 0 radical (unpaired) electrons. The highest BCUT2D eigenvalue weighted by molar-refractivity contribution is 5.92. The molecular formula is C27H33N5O5. The highest BCUT2D eigenvalue weighted by Crippen LogP contribution is 2.38. The Bertz CT molecular complexity index is 1280. The Morgan fingerprint density at radius 1 is 1.08 bits per heavy atom. The lowest BCUT2D eigenvalue weighted by molar-refractivity contribution is -0.130. The maximum absolute atomic E-state index is 12.8. The fourth-order valence-electron chi connectivity index (χ4n) is 4.48. The molecule has 10 nitrogen and oxygen atoms in total. The molecular weight excluding hydrogens is 474 g/mol. The van der Waals surface area contributed by atoms with Crippen molar-refractivity contribution in [1.82, 2.24) is 25.0 Å². The molecule has 1 aliphatic heterocycles. The number of carbonyl (C=O) groups excluding carboxylic acids is 2. The summed E-state index contributed by atoms with van der Waals surface area (Å²) in [6, 6.07) is 10.2. The zero-order valence-electron chi connectivity index (χ0n) is 21.6. The third kappa shape index (κ3) is 5.52. The van der Waals surface area contributed by atoms with E-state index < -0.39 is 5.91 Å². The van der Waals surface area contributed by atoms with E-state index in [2.05, 4.69) is 15.5 Å². The van der Waals surface area contributed by atoms with Gasteiger partial charge in [0, 0.05) is 51.2 Å². The molecule has 3 N–H and O–H groups in total. The van der Waals surface area contributed by atoms with E-state index in [1.165, 1.54) is 6.07 Å². The Labute approximate surface area is 215 Å². The molecule has 3 aromatic rings. The van der Waals surface area contributed by atoms with Gasteiger partial charge in [0.1, 0.15) is 23.4 Å². The van der Waals surface area contributed by atoms with Gasteiger partial charge in [-0.15, -0.1) is 10.2 Å². The molecule has 1 fully saturated rings. The average molecular weight is 508 g/mol. The quantitative estimate of drug-likeness (QED) is 0.445. The first-order chi connectivity index (χ1) is 17.7. The first kappa shape index (κ1) is 26.0. The number of hydrogen-bond donors (Lipinski definition) is 3. The molecule has 2 aromatic carbocycles. The van der Waals surface area contributed by atoms with Crippen LogP contribution in [-0.2, 0) is 4.79 Å². The third-order valence-corrected chi connectivity index (χ3v) is 6.50. The average Bonchev–Trinajstić information content (AvgIpc) is 3.30. The third-order valence-electron chi connectivity index (χ3n) is 6.50. The highest BCUT2D eigenvalue weighted by atomic mass is 16.5. The summed E-state index contributed by atoms with van der Waals surface area (Å²) in [5.74, 6) is 0.506. The van der Waals surface area contributed by atoms with E-state index in [1.807, 2.05) is 37.8 Å². The van der Waals surface area contributed by atoms with Gasteiger partial charge in [-0.2, -0.15) is 0 Å². The fraction of sp³-hybridized carbons (Fsp3) is 0.407. The summed E-state index contributed by atoms with van der Waals surface area (Å²) in [5, 5.41) is 32.1. The van der Waals surface area contributed by atoms with Crippen LogP contribution in [0.1, 0.15) is 62.6 Å². The number of likely N-dealkylation sites (tertiary alicyclic amines) is 1. The van der Waals surface area contributed by atoms with E-state index >= 15 is 0 Å². The molecule has 37 heavy (non-hydrogen) atoms. The minimum absolute atomic E-state index is 0.00247. The molecule has 0 unspecified atom stereocenters. The first-order valence-electron chi connectivity index (χ1n) is 12.5. The van der Waals surface area contributed by atoms with Gasteiger partial charge >= 0.3 is 0 Å². The Hall–Kier alpha value is -4.08. The van der Waals surface area contributed by atoms with Crippen LogP contribution in [0.5, 0.6) is 17.2 Å². The number of carbonyl (C=O) groups is 2. The van der Waals surface area contributed by atoms with Crippen LogP contribution in [0.15, 0.2) is 36.4 Å². The summed E-state index contributed by atoms with van der Waals surface area (Å²) in [4.78, 5) is 26.2. The van der Waals surface area contributed by atoms with Gasteiger partial charge < -0.3 is 25.2 Å². The number of nitrogens with zero attached hydrogens (tertiary/aromatic N) is 4. The topological polar surface area (TPSA) is 130 Å². The molecule has 0 atom stereocenters. The van der Waals surface area contributed by atoms with Crippen molar-refractivity contribution in [3.05, 3.63) is 47.8 Å². The van der Waals surface area contributed by atoms with Crippen molar-refractivity contribution in [1.29, 1.82) is 0 Å². The standard InChI is InChI=1S/C27H33N5O5/c1-5-28-27(36)26-30-29-25(22-14-21(16(2)3)23(34)15-24(22)35)32(26)18-6-8-19(9-7-18)37-20-10-12-31(13-11-20)17(4)33/h6-9,14-16,20,34-35H,5,10-13H2,1-4H3,(H,28,36). The lowest BCUT2D eigenvalue weighted by Crippen LogP contribution is -2.40. The number of aromatic nitrogens is 3. The van der Waals surface area contributed by atoms with Crippen LogP contribution in [0.4, 0.5) is 0 Å². The molecule has 10 heteroatoms. The molecule has 2 amide bonds. The number of aromatic hydroxyl groups is 2. The maximum Gasteiger partial charge on any atom is 0.289 e. The fourth-order valence-corrected chi connectivity index (χ4v) is 4.48. The minimum Gasteiger partial charge on any atom is -0.508 e. The van der Waals surface area contributed by atoms with Gasteiger partial charge in [-0.05, 0) is 48.7 Å². The van der Waals surface area contributed by atoms with Crippen LogP contribution in [0.25, 0.3) is 17.1 Å². The van der Waals surface area contributed by atoms with Crippen molar-refractivity contribution < 1.29 is 24.5 Å². The minimum atomic E-state index is -0.402. The zero-order chi connectivity index (χ0) is 26.7. The van der Waals surface area contributed by atoms with Crippen molar-refractivity contribution in [2.24, 2.45) is 0 Å². The highest BCUT2D eigenvalue weighted by Gasteiger charge is 2.25. The van der Waals surface area contributed by atoms with E-state index in [9.17, 15) is 19.8 Å². The second kappa shape index (κ2) is 10.9. The number of nitrogens with one attached hydrogen (secondary N) is 1. The lowest BCUT2D eigenvalue weighted by atomic mass is 9.98. The molecule has 1 aromatic heterocycles. The van der Waals surface area contributed by atoms with Crippen molar-refractivity contribution >= 4 is 11.8 Å². The smallest absolute Gasteiger partial charge is 0.289 e. The van der Waals surface area contributed by atoms with Crippen molar-refractivity contribution in [3.63, 3.8) is 0 Å². The molecule has 0 bridgehead atoms. The van der Waals surface area contributed by atoms with Gasteiger partial charge in [0.05, 0.1) is 5.56 Å². The van der Waals surface area contributed by atoms with Crippen LogP contribution in [0, 0.1) is 0 Å². The Balaban J connectivity index is 1.67. The van der Waals surface area contributed by atoms with Crippen LogP contribution < -0.4 is 10.1 Å². The zero-order valence-corrected chi connectivity index (χ0v) is 21.6. The summed E-state index contributed by atoms with van der Waals surface area (Å²) in [6.45, 7) is 9.02. The van der Waals surface area contributed by atoms with Crippen LogP contribution >= 0.6 is 0 Å². The second-order valence-corrected chi connectivity index (χ2v) is 9.44. The summed E-state index contributed by atoms with van der Waals surface area (Å²) < 4.78 is 7.72. The van der Waals surface area contributed by atoms with Crippen molar-refractivity contribution in [2.75, 3.05) is 19.6 Å². The molecule has 4 rings (SSSR count). The molecule has 1 saturated heterocycles. The molecule has 0 aliphatic carbocycles. The van der Waals surface area contributed by atoms with Gasteiger partial charge in [-0.1, -0.05) is 13.8 Å². The number of amides is 2. The van der Waals surface area contributed by atoms with E-state index in [-0.39, 0.29) is 41.1 Å². The molecule has 0 spiro atoms. The Morgan fingerprint density at radius 3 is 2.35 bits per heavy atom. The molecule has 1 aliphatic rings. The van der Waals surface area contributed by atoms with Gasteiger partial charge in [0.15, 0.2) is 5.82 Å². The monoisotopic (exact) mass is 507 g/mol. The first-order valence-corrected chi connectivity index (χ1v) is 12.5. The predicted octanol–water partition coefficient (Wildman–Crippen LogP) is 3.61. The number of ether oxygens (including phenoxy) is 1. The van der Waals surface area contributed by atoms with Crippen molar-refractivity contribution in [3.8, 4) is 34.3 Å². The largest absolute Gasteiger partial charge is 0.508 e. The van der Waals surface area contributed by atoms with E-state index in [1.54, 1.807) is 29.7 Å². The molecule has 0 saturated carbocycles. The van der Waals surface area contributed by atoms with E-state index in [0.717, 1.165) is 12.8 Å². The SMILES string of the molecule is CCNC(=O)c1nnc(-c2cc(C(C)C)c(O)cc2O)n1-c1ccc(OC2CCN(C(C)=O)CC2)cc1. The Kier molecular flexibility index (Phi) is 7.66. The van der Waals surface area contributed by atoms with Crippen LogP contribution in [0.2, 0.25) is 0 Å². The van der Waals surface area contributed by atoms with Crippen LogP contribution in [0.3, 0.4) is 0 Å². The van der Waals surface area contributed by atoms with Gasteiger partial charge in [0.2, 0.25) is 11.7 Å². The number of piperidine rings is 1. The summed E-state index contributed by atoms with van der Waals surface area (Å²) in [5.41, 5.74) is 1.60. The predicted molar refractivity (Wildman–Crippen MR) is 138 cm³/mol. The van der Waals surface area contributed by atoms with Gasteiger partial charge in [-0.3, -0.25) is 14.2 Å². The molecule has 196 valence electrons. The number of hydrogen-bond acceptors (Lipinski definition) is 7. The summed E-state index contributed by atoms with van der Waals surface area (Å²) in [6.07, 6.45) is 1.54. The normalized spacial score (nSPS) is 14.1. The summed E-state index contributed by atoms with van der Waals surface area (Å²) >= 11 is 0. The van der Waals surface area contributed by atoms with E-state index in [0.29, 0.717) is 42.2 Å². The summed E-state index contributed by atoms with van der Waals surface area (Å²) in [7, 11) is 0. The van der Waals surface area contributed by atoms with Gasteiger partial charge in [0.25, 0.3) is 5.91 Å². The Morgan fingerprint density at radius 2 is 1.76 bits per heavy atom. The van der Waals surface area contributed by atoms with Crippen molar-refractivity contribution in [2.45, 2.75) is 52.6 Å². The van der Waals surface area contributed by atoms with Gasteiger partial charge in [-0.25, -0.2) is 0 Å². The number of phenolic OH excluding ortho intramolecular Hbond substituents is 2.